The molecule has 39 heavy (non-hydrogen) atoms. The Balaban J connectivity index is 1.79. The Kier molecular flexibility index (Phi) is 8.84. The molecule has 0 radical (unpaired) electrons. The van der Waals surface area contributed by atoms with Crippen LogP contribution in [0.2, 0.25) is 0 Å². The van der Waals surface area contributed by atoms with E-state index in [1.807, 2.05) is 44.2 Å². The fraction of sp³-hybridized carbons (Fsp3) is 0.419. The number of Topliss-reactive ketones (excluding diaryl/α,β-unsaturated/α-hetero) is 1. The summed E-state index contributed by atoms with van der Waals surface area (Å²) in [5, 5.41) is 3.40. The van der Waals surface area contributed by atoms with Gasteiger partial charge in [-0.3, -0.25) is 4.79 Å². The van der Waals surface area contributed by atoms with Crippen LogP contribution in [0.4, 0.5) is 0 Å². The normalized spacial score (nSPS) is 18.8. The summed E-state index contributed by atoms with van der Waals surface area (Å²) in [7, 11) is 6.34. The van der Waals surface area contributed by atoms with E-state index >= 15 is 0 Å². The molecule has 0 bridgehead atoms. The fourth-order valence-corrected chi connectivity index (χ4v) is 5.41. The Morgan fingerprint density at radius 1 is 0.923 bits per heavy atom. The standard InChI is InChI=1S/C31H37NO7/c1-7-8-13-39-31(34)28-18(2)32-23-14-20(19-9-12-25(36-4)27(16-19)38-6)15-24(33)30(23)29(28)22-11-10-21(35-3)17-26(22)37-5/h9-12,16-17,20,29,32H,7-8,13-15H2,1-6H3/t20-,29+/m1/s1. The highest BCUT2D eigenvalue weighted by atomic mass is 16.5. The summed E-state index contributed by atoms with van der Waals surface area (Å²) in [6, 6.07) is 11.2. The van der Waals surface area contributed by atoms with Crippen molar-refractivity contribution < 1.29 is 33.3 Å². The number of methoxy groups -OCH3 is 4. The number of nitrogens with one attached hydrogen (secondary N) is 1. The molecule has 0 unspecified atom stereocenters. The van der Waals surface area contributed by atoms with Gasteiger partial charge >= 0.3 is 5.97 Å². The van der Waals surface area contributed by atoms with Crippen LogP contribution in [0, 0.1) is 0 Å². The first kappa shape index (κ1) is 28.1. The lowest BCUT2D eigenvalue weighted by Gasteiger charge is -2.37. The molecule has 2 atom stereocenters. The molecule has 0 saturated heterocycles. The molecule has 2 aromatic rings. The van der Waals surface area contributed by atoms with Gasteiger partial charge in [0.15, 0.2) is 17.3 Å². The van der Waals surface area contributed by atoms with Crippen molar-refractivity contribution in [1.82, 2.24) is 5.32 Å². The second kappa shape index (κ2) is 12.3. The Morgan fingerprint density at radius 3 is 2.33 bits per heavy atom. The highest BCUT2D eigenvalue weighted by Crippen LogP contribution is 2.48. The lowest BCUT2D eigenvalue weighted by atomic mass is 9.71. The number of rotatable bonds is 10. The number of dihydropyridines is 1. The molecule has 4 rings (SSSR count). The van der Waals surface area contributed by atoms with Gasteiger partial charge < -0.3 is 29.0 Å². The maximum absolute atomic E-state index is 13.9. The molecular weight excluding hydrogens is 498 g/mol. The van der Waals surface area contributed by atoms with E-state index in [9.17, 15) is 9.59 Å². The lowest BCUT2D eigenvalue weighted by Crippen LogP contribution is -2.36. The molecule has 8 nitrogen and oxygen atoms in total. The van der Waals surface area contributed by atoms with Crippen molar-refractivity contribution in [2.75, 3.05) is 35.0 Å². The van der Waals surface area contributed by atoms with Crippen LogP contribution >= 0.6 is 0 Å². The molecule has 1 aliphatic carbocycles. The average Bonchev–Trinajstić information content (AvgIpc) is 2.95. The van der Waals surface area contributed by atoms with E-state index in [1.54, 1.807) is 34.5 Å². The lowest BCUT2D eigenvalue weighted by molar-refractivity contribution is -0.139. The molecule has 0 fully saturated rings. The molecule has 0 spiro atoms. The molecule has 8 heteroatoms. The first-order chi connectivity index (χ1) is 18.9. The molecule has 1 aliphatic heterocycles. The summed E-state index contributed by atoms with van der Waals surface area (Å²) < 4.78 is 27.6. The van der Waals surface area contributed by atoms with Crippen molar-refractivity contribution in [2.24, 2.45) is 0 Å². The van der Waals surface area contributed by atoms with Gasteiger partial charge in [-0.15, -0.1) is 0 Å². The fourth-order valence-electron chi connectivity index (χ4n) is 5.41. The summed E-state index contributed by atoms with van der Waals surface area (Å²) in [4.78, 5) is 27.4. The van der Waals surface area contributed by atoms with Gasteiger partial charge in [0.2, 0.25) is 0 Å². The molecular formula is C31H37NO7. The molecule has 0 aromatic heterocycles. The molecule has 0 amide bonds. The van der Waals surface area contributed by atoms with Gasteiger partial charge in [0, 0.05) is 35.0 Å². The van der Waals surface area contributed by atoms with Gasteiger partial charge in [0.1, 0.15) is 11.5 Å². The Bertz CT molecular complexity index is 1310. The zero-order chi connectivity index (χ0) is 28.1. The maximum Gasteiger partial charge on any atom is 0.336 e. The number of carbonyl (C=O) groups excluding carboxylic acids is 2. The minimum atomic E-state index is -0.630. The monoisotopic (exact) mass is 535 g/mol. The molecule has 2 aliphatic rings. The van der Waals surface area contributed by atoms with Gasteiger partial charge in [-0.25, -0.2) is 4.79 Å². The van der Waals surface area contributed by atoms with Crippen molar-refractivity contribution in [2.45, 2.75) is 51.4 Å². The summed E-state index contributed by atoms with van der Waals surface area (Å²) in [6.07, 6.45) is 2.57. The number of ketones is 1. The number of esters is 1. The van der Waals surface area contributed by atoms with Crippen LogP contribution in [0.1, 0.15) is 62.5 Å². The topological polar surface area (TPSA) is 92.3 Å². The molecule has 1 N–H and O–H groups in total. The van der Waals surface area contributed by atoms with Crippen molar-refractivity contribution in [1.29, 1.82) is 0 Å². The smallest absolute Gasteiger partial charge is 0.336 e. The zero-order valence-electron chi connectivity index (χ0n) is 23.5. The van der Waals surface area contributed by atoms with Crippen LogP contribution in [-0.4, -0.2) is 46.8 Å². The second-order valence-electron chi connectivity index (χ2n) is 9.73. The van der Waals surface area contributed by atoms with Crippen molar-refractivity contribution in [3.63, 3.8) is 0 Å². The number of unbranched alkanes of at least 4 members (excludes halogenated alkanes) is 1. The van der Waals surface area contributed by atoms with Crippen LogP contribution in [0.3, 0.4) is 0 Å². The first-order valence-corrected chi connectivity index (χ1v) is 13.2. The van der Waals surface area contributed by atoms with Crippen LogP contribution in [0.25, 0.3) is 0 Å². The molecule has 208 valence electrons. The van der Waals surface area contributed by atoms with Crippen molar-refractivity contribution >= 4 is 11.8 Å². The Morgan fingerprint density at radius 2 is 1.67 bits per heavy atom. The number of hydrogen-bond acceptors (Lipinski definition) is 8. The van der Waals surface area contributed by atoms with E-state index in [-0.39, 0.29) is 11.7 Å². The van der Waals surface area contributed by atoms with E-state index in [1.165, 1.54) is 0 Å². The quantitative estimate of drug-likeness (QED) is 0.318. The Labute approximate surface area is 229 Å². The van der Waals surface area contributed by atoms with E-state index in [0.717, 1.165) is 24.1 Å². The maximum atomic E-state index is 13.9. The first-order valence-electron chi connectivity index (χ1n) is 13.2. The Hall–Kier alpha value is -3.94. The van der Waals surface area contributed by atoms with Crippen LogP contribution < -0.4 is 24.3 Å². The van der Waals surface area contributed by atoms with E-state index in [4.69, 9.17) is 23.7 Å². The third kappa shape index (κ3) is 5.60. The van der Waals surface area contributed by atoms with Crippen molar-refractivity contribution in [3.05, 3.63) is 70.1 Å². The molecule has 1 heterocycles. The van der Waals surface area contributed by atoms with Gasteiger partial charge in [-0.2, -0.15) is 0 Å². The van der Waals surface area contributed by atoms with E-state index in [2.05, 4.69) is 5.32 Å². The molecule has 2 aromatic carbocycles. The van der Waals surface area contributed by atoms with Crippen LogP contribution in [-0.2, 0) is 14.3 Å². The summed E-state index contributed by atoms with van der Waals surface area (Å²) in [5.74, 6) is 1.26. The summed E-state index contributed by atoms with van der Waals surface area (Å²) >= 11 is 0. The van der Waals surface area contributed by atoms with Gasteiger partial charge in [-0.05, 0) is 49.4 Å². The number of ether oxygens (including phenoxy) is 5. The second-order valence-corrected chi connectivity index (χ2v) is 9.73. The predicted octanol–water partition coefficient (Wildman–Crippen LogP) is 5.43. The molecule has 0 saturated carbocycles. The minimum absolute atomic E-state index is 0.0298. The summed E-state index contributed by atoms with van der Waals surface area (Å²) in [5.41, 5.74) is 4.16. The van der Waals surface area contributed by atoms with Gasteiger partial charge in [0.25, 0.3) is 0 Å². The van der Waals surface area contributed by atoms with Crippen LogP contribution in [0.15, 0.2) is 58.9 Å². The number of hydrogen-bond donors (Lipinski definition) is 1. The largest absolute Gasteiger partial charge is 0.497 e. The van der Waals surface area contributed by atoms with E-state index < -0.39 is 11.9 Å². The highest BCUT2D eigenvalue weighted by molar-refractivity contribution is 6.04. The SMILES string of the molecule is CCCCOC(=O)C1=C(C)NC2=C(C(=O)C[C@H](c3ccc(OC)c(OC)c3)C2)[C@H]1c1ccc(OC)cc1OC. The van der Waals surface area contributed by atoms with Crippen molar-refractivity contribution in [3.8, 4) is 23.0 Å². The predicted molar refractivity (Wildman–Crippen MR) is 148 cm³/mol. The van der Waals surface area contributed by atoms with Crippen LogP contribution in [0.5, 0.6) is 23.0 Å². The minimum Gasteiger partial charge on any atom is -0.497 e. The van der Waals surface area contributed by atoms with Gasteiger partial charge in [-0.1, -0.05) is 25.5 Å². The number of benzene rings is 2. The summed E-state index contributed by atoms with van der Waals surface area (Å²) in [6.45, 7) is 4.21. The number of allylic oxidation sites excluding steroid dienone is 3. The van der Waals surface area contributed by atoms with E-state index in [0.29, 0.717) is 64.9 Å². The number of carbonyl (C=O) groups is 2. The average molecular weight is 536 g/mol. The van der Waals surface area contributed by atoms with Gasteiger partial charge in [0.05, 0.1) is 46.5 Å². The third-order valence-electron chi connectivity index (χ3n) is 7.41. The zero-order valence-corrected chi connectivity index (χ0v) is 23.5. The third-order valence-corrected chi connectivity index (χ3v) is 7.41. The highest BCUT2D eigenvalue weighted by Gasteiger charge is 2.42.